The molecule has 10 heteroatoms. The lowest BCUT2D eigenvalue weighted by Crippen LogP contribution is -2.52. The molecule has 0 unspecified atom stereocenters. The minimum Gasteiger partial charge on any atom is -0.360 e. The zero-order valence-corrected chi connectivity index (χ0v) is 22.2. The van der Waals surface area contributed by atoms with Crippen molar-refractivity contribution in [1.29, 1.82) is 0 Å². The molecule has 1 aromatic carbocycles. The Morgan fingerprint density at radius 3 is 2.29 bits per heavy atom. The van der Waals surface area contributed by atoms with E-state index in [0.717, 1.165) is 43.3 Å². The number of nitrogens with one attached hydrogen (secondary N) is 2. The molecule has 0 atom stereocenters. The third-order valence-electron chi connectivity index (χ3n) is 4.85. The van der Waals surface area contributed by atoms with Crippen molar-refractivity contribution in [3.63, 3.8) is 0 Å². The molecule has 1 fully saturated rings. The van der Waals surface area contributed by atoms with Crippen LogP contribution in [0.1, 0.15) is 25.0 Å². The van der Waals surface area contributed by atoms with Crippen LogP contribution in [0.2, 0.25) is 0 Å². The van der Waals surface area contributed by atoms with Gasteiger partial charge >= 0.3 is 0 Å². The van der Waals surface area contributed by atoms with Crippen LogP contribution in [0.4, 0.5) is 5.00 Å². The Labute approximate surface area is 207 Å². The molecule has 1 aliphatic heterocycles. The van der Waals surface area contributed by atoms with Gasteiger partial charge in [-0.3, -0.25) is 4.99 Å². The molecular formula is C21H32IN5O2S2. The number of anilines is 1. The normalized spacial score (nSPS) is 15.2. The zero-order chi connectivity index (χ0) is 21.6. The Kier molecular flexibility index (Phi) is 10.0. The number of piperazine rings is 1. The van der Waals surface area contributed by atoms with Crippen molar-refractivity contribution in [3.8, 4) is 0 Å². The van der Waals surface area contributed by atoms with Gasteiger partial charge in [-0.15, -0.1) is 35.3 Å². The highest BCUT2D eigenvalue weighted by Crippen LogP contribution is 2.22. The third-order valence-corrected chi connectivity index (χ3v) is 7.33. The number of rotatable bonds is 7. The first kappa shape index (κ1) is 25.9. The number of benzene rings is 1. The Hall–Kier alpha value is -1.37. The van der Waals surface area contributed by atoms with Crippen molar-refractivity contribution in [1.82, 2.24) is 14.9 Å². The molecule has 0 bridgehead atoms. The number of hydrogen-bond acceptors (Lipinski definition) is 5. The summed E-state index contributed by atoms with van der Waals surface area (Å²) in [4.78, 5) is 9.13. The van der Waals surface area contributed by atoms with Gasteiger partial charge in [0, 0.05) is 45.8 Å². The highest BCUT2D eigenvalue weighted by molar-refractivity contribution is 14.0. The van der Waals surface area contributed by atoms with E-state index in [9.17, 15) is 8.42 Å². The number of guanidine groups is 1. The maximum atomic E-state index is 12.1. The predicted octanol–water partition coefficient (Wildman–Crippen LogP) is 3.09. The summed E-state index contributed by atoms with van der Waals surface area (Å²) in [7, 11) is -1.50. The van der Waals surface area contributed by atoms with E-state index in [0.29, 0.717) is 6.54 Å². The third kappa shape index (κ3) is 7.92. The van der Waals surface area contributed by atoms with E-state index in [2.05, 4.69) is 42.3 Å². The Morgan fingerprint density at radius 2 is 1.74 bits per heavy atom. The van der Waals surface area contributed by atoms with E-state index in [4.69, 9.17) is 0 Å². The van der Waals surface area contributed by atoms with Crippen molar-refractivity contribution < 1.29 is 8.42 Å². The molecule has 0 radical (unpaired) electrons. The van der Waals surface area contributed by atoms with Crippen LogP contribution < -0.4 is 14.9 Å². The highest BCUT2D eigenvalue weighted by Gasteiger charge is 2.20. The van der Waals surface area contributed by atoms with Gasteiger partial charge in [0.1, 0.15) is 0 Å². The van der Waals surface area contributed by atoms with E-state index >= 15 is 0 Å². The van der Waals surface area contributed by atoms with E-state index in [1.54, 1.807) is 11.3 Å². The van der Waals surface area contributed by atoms with Crippen molar-refractivity contribution in [2.24, 2.45) is 4.99 Å². The molecule has 2 N–H and O–H groups in total. The molecule has 31 heavy (non-hydrogen) atoms. The van der Waals surface area contributed by atoms with Crippen LogP contribution in [0.25, 0.3) is 0 Å². The summed E-state index contributed by atoms with van der Waals surface area (Å²) in [5.74, 6) is 0.892. The second-order valence-corrected chi connectivity index (χ2v) is 10.4. The lowest BCUT2D eigenvalue weighted by Gasteiger charge is -2.37. The van der Waals surface area contributed by atoms with Gasteiger partial charge in [0.15, 0.2) is 5.96 Å². The minimum atomic E-state index is -3.31. The summed E-state index contributed by atoms with van der Waals surface area (Å²) in [6, 6.07) is 11.8. The van der Waals surface area contributed by atoms with Gasteiger partial charge in [0.05, 0.1) is 10.8 Å². The van der Waals surface area contributed by atoms with Gasteiger partial charge < -0.3 is 15.1 Å². The molecular weight excluding hydrogens is 545 g/mol. The summed E-state index contributed by atoms with van der Waals surface area (Å²) in [5.41, 5.74) is 1.87. The Morgan fingerprint density at radius 1 is 1.10 bits per heavy atom. The summed E-state index contributed by atoms with van der Waals surface area (Å²) in [5, 5.41) is 6.87. The molecule has 2 heterocycles. The van der Waals surface area contributed by atoms with Crippen LogP contribution >= 0.6 is 35.3 Å². The van der Waals surface area contributed by atoms with E-state index in [-0.39, 0.29) is 35.8 Å². The average Bonchev–Trinajstić information content (AvgIpc) is 3.24. The lowest BCUT2D eigenvalue weighted by atomic mass is 10.1. The Balaban J connectivity index is 0.00000341. The largest absolute Gasteiger partial charge is 0.360 e. The maximum Gasteiger partial charge on any atom is 0.216 e. The Bertz CT molecular complexity index is 923. The van der Waals surface area contributed by atoms with E-state index < -0.39 is 10.0 Å². The summed E-state index contributed by atoms with van der Waals surface area (Å²) >= 11 is 1.78. The molecule has 0 spiro atoms. The molecule has 172 valence electrons. The predicted molar refractivity (Wildman–Crippen MR) is 141 cm³/mol. The molecule has 1 aliphatic rings. The fourth-order valence-electron chi connectivity index (χ4n) is 3.48. The maximum absolute atomic E-state index is 12.1. The van der Waals surface area contributed by atoms with Gasteiger partial charge in [0.2, 0.25) is 10.0 Å². The van der Waals surface area contributed by atoms with E-state index in [1.807, 2.05) is 45.2 Å². The van der Waals surface area contributed by atoms with Gasteiger partial charge in [-0.05, 0) is 42.5 Å². The van der Waals surface area contributed by atoms with Gasteiger partial charge in [-0.2, -0.15) is 0 Å². The average molecular weight is 578 g/mol. The van der Waals surface area contributed by atoms with Crippen molar-refractivity contribution >= 4 is 56.3 Å². The van der Waals surface area contributed by atoms with Gasteiger partial charge in [-0.1, -0.05) is 24.3 Å². The number of hydrogen-bond donors (Lipinski definition) is 2. The molecule has 3 rings (SSSR count). The van der Waals surface area contributed by atoms with E-state index in [1.165, 1.54) is 5.00 Å². The minimum absolute atomic E-state index is 0. The monoisotopic (exact) mass is 577 g/mol. The van der Waals surface area contributed by atoms with Crippen LogP contribution in [0, 0.1) is 0 Å². The SMILES string of the molecule is CN=C(NCc1ccc(CS(=O)(=O)NC(C)C)cc1)N1CCN(c2cccs2)CC1.I. The number of halogens is 1. The lowest BCUT2D eigenvalue weighted by molar-refractivity contribution is 0.373. The summed E-state index contributed by atoms with van der Waals surface area (Å²) in [6.45, 7) is 8.11. The summed E-state index contributed by atoms with van der Waals surface area (Å²) < 4.78 is 26.8. The number of aliphatic imine (C=N–C) groups is 1. The van der Waals surface area contributed by atoms with Crippen LogP contribution in [-0.2, 0) is 22.3 Å². The second kappa shape index (κ2) is 12.0. The quantitative estimate of drug-likeness (QED) is 0.301. The molecule has 0 saturated carbocycles. The molecule has 2 aromatic rings. The van der Waals surface area contributed by atoms with Crippen LogP contribution in [0.5, 0.6) is 0 Å². The standard InChI is InChI=1S/C21H31N5O2S2.HI/c1-17(2)24-30(27,28)16-19-8-6-18(7-9-19)15-23-21(22-3)26-12-10-25(11-13-26)20-5-4-14-29-20;/h4-9,14,17,24H,10-13,15-16H2,1-3H3,(H,22,23);1H. The molecule has 1 aromatic heterocycles. The number of nitrogens with zero attached hydrogens (tertiary/aromatic N) is 3. The molecule has 0 amide bonds. The summed E-state index contributed by atoms with van der Waals surface area (Å²) in [6.07, 6.45) is 0. The number of thiophene rings is 1. The van der Waals surface area contributed by atoms with Crippen LogP contribution in [0.3, 0.4) is 0 Å². The van der Waals surface area contributed by atoms with Crippen molar-refractivity contribution in [2.75, 3.05) is 38.1 Å². The second-order valence-electron chi connectivity index (χ2n) is 7.67. The highest BCUT2D eigenvalue weighted by atomic mass is 127. The number of sulfonamides is 1. The van der Waals surface area contributed by atoms with Crippen molar-refractivity contribution in [3.05, 3.63) is 52.9 Å². The van der Waals surface area contributed by atoms with Crippen molar-refractivity contribution in [2.45, 2.75) is 32.2 Å². The smallest absolute Gasteiger partial charge is 0.216 e. The molecule has 7 nitrogen and oxygen atoms in total. The zero-order valence-electron chi connectivity index (χ0n) is 18.2. The molecule has 0 aliphatic carbocycles. The van der Waals surface area contributed by atoms with Gasteiger partial charge in [0.25, 0.3) is 0 Å². The fourth-order valence-corrected chi connectivity index (χ4v) is 5.69. The van der Waals surface area contributed by atoms with Crippen LogP contribution in [0.15, 0.2) is 46.8 Å². The first-order chi connectivity index (χ1) is 14.4. The van der Waals surface area contributed by atoms with Gasteiger partial charge in [-0.25, -0.2) is 13.1 Å². The van der Waals surface area contributed by atoms with Crippen LogP contribution in [-0.4, -0.2) is 58.5 Å². The first-order valence-electron chi connectivity index (χ1n) is 10.2. The molecule has 1 saturated heterocycles. The fraction of sp³-hybridized carbons (Fsp3) is 0.476. The topological polar surface area (TPSA) is 77.0 Å². The first-order valence-corrected chi connectivity index (χ1v) is 12.7.